The van der Waals surface area contributed by atoms with Crippen molar-refractivity contribution in [3.8, 4) is 0 Å². The lowest BCUT2D eigenvalue weighted by Gasteiger charge is -2.10. The number of likely N-dealkylation sites (N-methyl/N-ethyl adjacent to an activating group) is 1. The Balaban J connectivity index is 2.69. The monoisotopic (exact) mass is 250 g/mol. The molecule has 0 aliphatic rings. The van der Waals surface area contributed by atoms with Crippen molar-refractivity contribution >= 4 is 17.5 Å². The number of carbonyl (C=O) groups is 2. The van der Waals surface area contributed by atoms with E-state index in [1.54, 1.807) is 12.1 Å². The fraction of sp³-hybridized carbons (Fsp3) is 0.333. The highest BCUT2D eigenvalue weighted by Gasteiger charge is 2.11. The van der Waals surface area contributed by atoms with Gasteiger partial charge in [-0.25, -0.2) is 0 Å². The molecular weight excluding hydrogens is 232 g/mol. The molecule has 0 atom stereocenters. The summed E-state index contributed by atoms with van der Waals surface area (Å²) in [5.74, 6) is 4.79. The van der Waals surface area contributed by atoms with Crippen molar-refractivity contribution in [1.82, 2.24) is 10.6 Å². The van der Waals surface area contributed by atoms with Crippen LogP contribution < -0.4 is 21.9 Å². The van der Waals surface area contributed by atoms with Crippen molar-refractivity contribution in [3.63, 3.8) is 0 Å². The molecule has 0 aliphatic carbocycles. The van der Waals surface area contributed by atoms with Crippen LogP contribution in [-0.2, 0) is 4.79 Å². The number of anilines is 1. The fourth-order valence-corrected chi connectivity index (χ4v) is 1.49. The summed E-state index contributed by atoms with van der Waals surface area (Å²) < 4.78 is 0. The van der Waals surface area contributed by atoms with Crippen molar-refractivity contribution in [3.05, 3.63) is 29.3 Å². The molecule has 0 fully saturated rings. The molecule has 0 saturated heterocycles. The van der Waals surface area contributed by atoms with Crippen LogP contribution >= 0.6 is 0 Å². The molecule has 5 N–H and O–H groups in total. The summed E-state index contributed by atoms with van der Waals surface area (Å²) in [6.45, 7) is 4.20. The van der Waals surface area contributed by atoms with Crippen LogP contribution in [0.1, 0.15) is 22.8 Å². The molecule has 1 aromatic rings. The average Bonchev–Trinajstić information content (AvgIpc) is 2.36. The topological polar surface area (TPSA) is 96.2 Å². The maximum atomic E-state index is 11.9. The van der Waals surface area contributed by atoms with Gasteiger partial charge in [-0.1, -0.05) is 6.07 Å². The standard InChI is InChI=1S/C12H18N4O2/c1-3-14-11(17)7-15-12(18)9-5-4-8(2)6-10(9)16-13/h4-6,16H,3,7,13H2,1-2H3,(H,14,17)(H,15,18). The van der Waals surface area contributed by atoms with Crippen molar-refractivity contribution < 1.29 is 9.59 Å². The Hall–Kier alpha value is -2.08. The SMILES string of the molecule is CCNC(=O)CNC(=O)c1ccc(C)cc1NN. The molecule has 1 rings (SSSR count). The van der Waals surface area contributed by atoms with Gasteiger partial charge in [0.25, 0.3) is 5.91 Å². The van der Waals surface area contributed by atoms with Crippen LogP contribution in [0.3, 0.4) is 0 Å². The van der Waals surface area contributed by atoms with Gasteiger partial charge in [0.05, 0.1) is 17.8 Å². The second-order valence-corrected chi connectivity index (χ2v) is 3.83. The Morgan fingerprint density at radius 3 is 2.61 bits per heavy atom. The number of nitrogens with one attached hydrogen (secondary N) is 3. The number of carbonyl (C=O) groups excluding carboxylic acids is 2. The number of nitrogens with two attached hydrogens (primary N) is 1. The van der Waals surface area contributed by atoms with E-state index < -0.39 is 0 Å². The molecule has 0 radical (unpaired) electrons. The van der Waals surface area contributed by atoms with Crippen LogP contribution in [0.25, 0.3) is 0 Å². The van der Waals surface area contributed by atoms with Gasteiger partial charge in [0, 0.05) is 6.54 Å². The van der Waals surface area contributed by atoms with Crippen molar-refractivity contribution in [2.75, 3.05) is 18.5 Å². The van der Waals surface area contributed by atoms with E-state index in [1.165, 1.54) is 0 Å². The number of nitrogen functional groups attached to an aromatic ring is 1. The Bertz CT molecular complexity index is 446. The number of hydrazine groups is 1. The summed E-state index contributed by atoms with van der Waals surface area (Å²) in [5.41, 5.74) is 4.40. The van der Waals surface area contributed by atoms with Crippen LogP contribution in [0.15, 0.2) is 18.2 Å². The third-order valence-corrected chi connectivity index (χ3v) is 2.36. The number of amides is 2. The lowest BCUT2D eigenvalue weighted by Crippen LogP contribution is -2.37. The van der Waals surface area contributed by atoms with Gasteiger partial charge in [-0.2, -0.15) is 0 Å². The summed E-state index contributed by atoms with van der Waals surface area (Å²) in [6, 6.07) is 5.24. The van der Waals surface area contributed by atoms with Crippen LogP contribution in [0.4, 0.5) is 5.69 Å². The maximum absolute atomic E-state index is 11.9. The van der Waals surface area contributed by atoms with E-state index in [2.05, 4.69) is 16.1 Å². The van der Waals surface area contributed by atoms with Crippen LogP contribution in [0.2, 0.25) is 0 Å². The normalized spacial score (nSPS) is 9.72. The predicted molar refractivity (Wildman–Crippen MR) is 70.0 cm³/mol. The molecule has 0 aromatic heterocycles. The zero-order valence-electron chi connectivity index (χ0n) is 10.5. The molecule has 0 saturated carbocycles. The lowest BCUT2D eigenvalue weighted by molar-refractivity contribution is -0.120. The van der Waals surface area contributed by atoms with E-state index in [0.29, 0.717) is 17.8 Å². The smallest absolute Gasteiger partial charge is 0.253 e. The Labute approximate surface area is 106 Å². The van der Waals surface area contributed by atoms with E-state index in [1.807, 2.05) is 19.9 Å². The quantitative estimate of drug-likeness (QED) is 0.441. The van der Waals surface area contributed by atoms with E-state index in [4.69, 9.17) is 5.84 Å². The summed E-state index contributed by atoms with van der Waals surface area (Å²) in [6.07, 6.45) is 0. The highest BCUT2D eigenvalue weighted by Crippen LogP contribution is 2.16. The van der Waals surface area contributed by atoms with Gasteiger partial charge in [-0.05, 0) is 31.5 Å². The third kappa shape index (κ3) is 3.74. The molecule has 0 spiro atoms. The molecule has 0 unspecified atom stereocenters. The third-order valence-electron chi connectivity index (χ3n) is 2.36. The summed E-state index contributed by atoms with van der Waals surface area (Å²) in [5, 5.41) is 5.13. The lowest BCUT2D eigenvalue weighted by atomic mass is 10.1. The van der Waals surface area contributed by atoms with Crippen molar-refractivity contribution in [1.29, 1.82) is 0 Å². The molecule has 6 nitrogen and oxygen atoms in total. The second-order valence-electron chi connectivity index (χ2n) is 3.83. The minimum Gasteiger partial charge on any atom is -0.355 e. The van der Waals surface area contributed by atoms with Gasteiger partial charge < -0.3 is 16.1 Å². The summed E-state index contributed by atoms with van der Waals surface area (Å²) in [4.78, 5) is 23.1. The molecule has 2 amide bonds. The van der Waals surface area contributed by atoms with Crippen LogP contribution in [-0.4, -0.2) is 24.9 Å². The molecule has 0 heterocycles. The number of hydrogen-bond donors (Lipinski definition) is 4. The summed E-state index contributed by atoms with van der Waals surface area (Å²) >= 11 is 0. The minimum absolute atomic E-state index is 0.0510. The molecule has 98 valence electrons. The first-order chi connectivity index (χ1) is 8.58. The van der Waals surface area contributed by atoms with E-state index in [-0.39, 0.29) is 18.4 Å². The van der Waals surface area contributed by atoms with Crippen LogP contribution in [0.5, 0.6) is 0 Å². The minimum atomic E-state index is -0.339. The predicted octanol–water partition coefficient (Wildman–Crippen LogP) is 0.147. The number of aryl methyl sites for hydroxylation is 1. The molecular formula is C12H18N4O2. The molecule has 1 aromatic carbocycles. The Kier molecular flexibility index (Phi) is 5.13. The zero-order valence-corrected chi connectivity index (χ0v) is 10.5. The zero-order chi connectivity index (χ0) is 13.5. The Morgan fingerprint density at radius 2 is 2.00 bits per heavy atom. The molecule has 18 heavy (non-hydrogen) atoms. The first-order valence-corrected chi connectivity index (χ1v) is 5.70. The van der Waals surface area contributed by atoms with Gasteiger partial charge >= 0.3 is 0 Å². The van der Waals surface area contributed by atoms with Gasteiger partial charge in [0.1, 0.15) is 0 Å². The number of rotatable bonds is 5. The van der Waals surface area contributed by atoms with Gasteiger partial charge in [0.2, 0.25) is 5.91 Å². The second kappa shape index (κ2) is 6.61. The maximum Gasteiger partial charge on any atom is 0.253 e. The first-order valence-electron chi connectivity index (χ1n) is 5.70. The van der Waals surface area contributed by atoms with Crippen molar-refractivity contribution in [2.45, 2.75) is 13.8 Å². The number of hydrogen-bond acceptors (Lipinski definition) is 4. The van der Waals surface area contributed by atoms with Gasteiger partial charge in [-0.3, -0.25) is 15.4 Å². The average molecular weight is 250 g/mol. The van der Waals surface area contributed by atoms with E-state index in [9.17, 15) is 9.59 Å². The highest BCUT2D eigenvalue weighted by atomic mass is 16.2. The molecule has 6 heteroatoms. The summed E-state index contributed by atoms with van der Waals surface area (Å²) in [7, 11) is 0. The Morgan fingerprint density at radius 1 is 1.28 bits per heavy atom. The highest BCUT2D eigenvalue weighted by molar-refractivity contribution is 6.01. The first kappa shape index (κ1) is 14.0. The van der Waals surface area contributed by atoms with Gasteiger partial charge in [-0.15, -0.1) is 0 Å². The van der Waals surface area contributed by atoms with E-state index in [0.717, 1.165) is 5.56 Å². The fourth-order valence-electron chi connectivity index (χ4n) is 1.49. The largest absolute Gasteiger partial charge is 0.355 e. The van der Waals surface area contributed by atoms with Crippen LogP contribution in [0, 0.1) is 6.92 Å². The van der Waals surface area contributed by atoms with E-state index >= 15 is 0 Å². The molecule has 0 aliphatic heterocycles. The van der Waals surface area contributed by atoms with Gasteiger partial charge in [0.15, 0.2) is 0 Å². The molecule has 0 bridgehead atoms. The van der Waals surface area contributed by atoms with Crippen molar-refractivity contribution in [2.24, 2.45) is 5.84 Å². The number of benzene rings is 1.